The lowest BCUT2D eigenvalue weighted by Gasteiger charge is -2.25. The molecule has 1 aromatic heterocycles. The molecule has 1 fully saturated rings. The van der Waals surface area contributed by atoms with Crippen molar-refractivity contribution in [1.29, 1.82) is 0 Å². The molecule has 1 aliphatic carbocycles. The second-order valence-electron chi connectivity index (χ2n) is 5.99. The van der Waals surface area contributed by atoms with Gasteiger partial charge in [0.25, 0.3) is 0 Å². The van der Waals surface area contributed by atoms with Crippen LogP contribution in [0.2, 0.25) is 0 Å². The number of hydrogen-bond acceptors (Lipinski definition) is 3. The number of hydrogen-bond donors (Lipinski definition) is 2. The number of amides is 1. The first-order valence-corrected chi connectivity index (χ1v) is 6.86. The summed E-state index contributed by atoms with van der Waals surface area (Å²) in [4.78, 5) is 27.1. The molecule has 0 saturated heterocycles. The molecule has 1 amide bonds. The zero-order valence-electron chi connectivity index (χ0n) is 11.8. The Hall–Kier alpha value is -1.91. The molecule has 1 unspecified atom stereocenters. The summed E-state index contributed by atoms with van der Waals surface area (Å²) in [5.74, 6) is -0.919. The summed E-state index contributed by atoms with van der Waals surface area (Å²) in [6.45, 7) is 4.51. The first-order chi connectivity index (χ1) is 9.40. The molecule has 1 aliphatic rings. The Balaban J connectivity index is 1.97. The van der Waals surface area contributed by atoms with Gasteiger partial charge >= 0.3 is 5.97 Å². The van der Waals surface area contributed by atoms with Crippen molar-refractivity contribution in [2.75, 3.05) is 0 Å². The molecule has 1 aromatic rings. The van der Waals surface area contributed by atoms with E-state index in [1.54, 1.807) is 0 Å². The van der Waals surface area contributed by atoms with E-state index >= 15 is 0 Å². The maximum absolute atomic E-state index is 12.2. The predicted molar refractivity (Wildman–Crippen MR) is 74.2 cm³/mol. The summed E-state index contributed by atoms with van der Waals surface area (Å²) in [6.07, 6.45) is 4.52. The first-order valence-electron chi connectivity index (χ1n) is 6.86. The molecule has 0 radical (unpaired) electrons. The molecule has 0 aliphatic heterocycles. The third-order valence-corrected chi connectivity index (χ3v) is 4.08. The van der Waals surface area contributed by atoms with Gasteiger partial charge in [0, 0.05) is 12.1 Å². The second kappa shape index (κ2) is 5.61. The van der Waals surface area contributed by atoms with Gasteiger partial charge in [0.1, 0.15) is 0 Å². The predicted octanol–water partition coefficient (Wildman–Crippen LogP) is 2.22. The van der Waals surface area contributed by atoms with E-state index in [0.717, 1.165) is 19.3 Å². The van der Waals surface area contributed by atoms with Crippen molar-refractivity contribution in [1.82, 2.24) is 10.3 Å². The van der Waals surface area contributed by atoms with Gasteiger partial charge in [-0.25, -0.2) is 4.79 Å². The van der Waals surface area contributed by atoms with Crippen molar-refractivity contribution in [3.05, 3.63) is 29.6 Å². The Labute approximate surface area is 118 Å². The standard InChI is InChI=1S/C15H20N2O3/c1-15(2)6-3-4-12(15)13(18)17-9-11-8-10(14(19)20)5-7-16-11/h5,7-8,12H,3-4,6,9H2,1-2H3,(H,17,18)(H,19,20). The number of carbonyl (C=O) groups is 2. The number of aromatic nitrogens is 1. The molecular weight excluding hydrogens is 256 g/mol. The average Bonchev–Trinajstić information content (AvgIpc) is 2.76. The van der Waals surface area contributed by atoms with E-state index in [4.69, 9.17) is 5.11 Å². The lowest BCUT2D eigenvalue weighted by atomic mass is 9.81. The Morgan fingerprint density at radius 3 is 2.85 bits per heavy atom. The summed E-state index contributed by atoms with van der Waals surface area (Å²) in [5.41, 5.74) is 0.792. The number of rotatable bonds is 4. The number of carbonyl (C=O) groups excluding carboxylic acids is 1. The zero-order valence-corrected chi connectivity index (χ0v) is 11.8. The van der Waals surface area contributed by atoms with Crippen LogP contribution in [0.25, 0.3) is 0 Å². The van der Waals surface area contributed by atoms with Gasteiger partial charge in [-0.3, -0.25) is 9.78 Å². The third-order valence-electron chi connectivity index (χ3n) is 4.08. The third kappa shape index (κ3) is 3.15. The molecule has 2 N–H and O–H groups in total. The van der Waals surface area contributed by atoms with Crippen LogP contribution in [0.1, 0.15) is 49.2 Å². The Morgan fingerprint density at radius 1 is 1.50 bits per heavy atom. The van der Waals surface area contributed by atoms with Gasteiger partial charge in [-0.15, -0.1) is 0 Å². The highest BCUT2D eigenvalue weighted by Gasteiger charge is 2.39. The first kappa shape index (κ1) is 14.5. The molecule has 0 aromatic carbocycles. The largest absolute Gasteiger partial charge is 0.478 e. The Kier molecular flexibility index (Phi) is 4.06. The zero-order chi connectivity index (χ0) is 14.8. The van der Waals surface area contributed by atoms with Crippen molar-refractivity contribution in [2.24, 2.45) is 11.3 Å². The van der Waals surface area contributed by atoms with E-state index in [0.29, 0.717) is 5.69 Å². The van der Waals surface area contributed by atoms with Crippen molar-refractivity contribution >= 4 is 11.9 Å². The van der Waals surface area contributed by atoms with Crippen LogP contribution in [0.15, 0.2) is 18.3 Å². The topological polar surface area (TPSA) is 79.3 Å². The lowest BCUT2D eigenvalue weighted by Crippen LogP contribution is -2.36. The summed E-state index contributed by atoms with van der Waals surface area (Å²) in [6, 6.07) is 2.93. The van der Waals surface area contributed by atoms with Gasteiger partial charge in [0.2, 0.25) is 5.91 Å². The molecule has 108 valence electrons. The Morgan fingerprint density at radius 2 is 2.25 bits per heavy atom. The highest BCUT2D eigenvalue weighted by molar-refractivity contribution is 5.87. The van der Waals surface area contributed by atoms with E-state index in [2.05, 4.69) is 24.1 Å². The van der Waals surface area contributed by atoms with Crippen LogP contribution < -0.4 is 5.32 Å². The monoisotopic (exact) mass is 276 g/mol. The SMILES string of the molecule is CC1(C)CCCC1C(=O)NCc1cc(C(=O)O)ccn1. The molecule has 1 saturated carbocycles. The fraction of sp³-hybridized carbons (Fsp3) is 0.533. The molecule has 0 bridgehead atoms. The van der Waals surface area contributed by atoms with Gasteiger partial charge in [-0.2, -0.15) is 0 Å². The van der Waals surface area contributed by atoms with Crippen molar-refractivity contribution < 1.29 is 14.7 Å². The highest BCUT2D eigenvalue weighted by atomic mass is 16.4. The number of pyridine rings is 1. The van der Waals surface area contributed by atoms with E-state index < -0.39 is 5.97 Å². The summed E-state index contributed by atoms with van der Waals surface area (Å²) in [7, 11) is 0. The molecule has 2 rings (SSSR count). The van der Waals surface area contributed by atoms with Crippen LogP contribution in [0.3, 0.4) is 0 Å². The summed E-state index contributed by atoms with van der Waals surface area (Å²) in [5, 5.41) is 11.8. The lowest BCUT2D eigenvalue weighted by molar-refractivity contribution is -0.127. The second-order valence-corrected chi connectivity index (χ2v) is 5.99. The highest BCUT2D eigenvalue weighted by Crippen LogP contribution is 2.42. The molecule has 20 heavy (non-hydrogen) atoms. The normalized spacial score (nSPS) is 20.6. The van der Waals surface area contributed by atoms with Crippen molar-refractivity contribution in [3.63, 3.8) is 0 Å². The molecule has 0 spiro atoms. The summed E-state index contributed by atoms with van der Waals surface area (Å²) < 4.78 is 0. The van der Waals surface area contributed by atoms with Gasteiger partial charge in [-0.05, 0) is 30.4 Å². The van der Waals surface area contributed by atoms with Gasteiger partial charge in [0.05, 0.1) is 17.8 Å². The number of carboxylic acids is 1. The van der Waals surface area contributed by atoms with E-state index in [1.165, 1.54) is 18.3 Å². The summed E-state index contributed by atoms with van der Waals surface area (Å²) >= 11 is 0. The van der Waals surface area contributed by atoms with Crippen LogP contribution in [0, 0.1) is 11.3 Å². The quantitative estimate of drug-likeness (QED) is 0.883. The van der Waals surface area contributed by atoms with Gasteiger partial charge in [-0.1, -0.05) is 20.3 Å². The average molecular weight is 276 g/mol. The van der Waals surface area contributed by atoms with Crippen LogP contribution in [0.4, 0.5) is 0 Å². The number of carboxylic acid groups (broad SMARTS) is 1. The molecule has 5 heteroatoms. The number of nitrogens with zero attached hydrogens (tertiary/aromatic N) is 1. The minimum absolute atomic E-state index is 0.0326. The number of aromatic carboxylic acids is 1. The van der Waals surface area contributed by atoms with E-state index in [1.807, 2.05) is 0 Å². The molecule has 1 heterocycles. The van der Waals surface area contributed by atoms with Crippen LogP contribution in [0.5, 0.6) is 0 Å². The minimum atomic E-state index is -0.989. The van der Waals surface area contributed by atoms with E-state index in [9.17, 15) is 9.59 Å². The smallest absolute Gasteiger partial charge is 0.335 e. The van der Waals surface area contributed by atoms with Crippen molar-refractivity contribution in [3.8, 4) is 0 Å². The van der Waals surface area contributed by atoms with Crippen LogP contribution in [-0.4, -0.2) is 22.0 Å². The van der Waals surface area contributed by atoms with Crippen LogP contribution >= 0.6 is 0 Å². The fourth-order valence-electron chi connectivity index (χ4n) is 2.82. The Bertz CT molecular complexity index is 526. The number of nitrogens with one attached hydrogen (secondary N) is 1. The molecular formula is C15H20N2O3. The molecule has 5 nitrogen and oxygen atoms in total. The maximum Gasteiger partial charge on any atom is 0.335 e. The fourth-order valence-corrected chi connectivity index (χ4v) is 2.82. The van der Waals surface area contributed by atoms with Crippen molar-refractivity contribution in [2.45, 2.75) is 39.7 Å². The molecule has 1 atom stereocenters. The maximum atomic E-state index is 12.2. The van der Waals surface area contributed by atoms with Gasteiger partial charge < -0.3 is 10.4 Å². The van der Waals surface area contributed by atoms with Gasteiger partial charge in [0.15, 0.2) is 0 Å². The van der Waals surface area contributed by atoms with Crippen LogP contribution in [-0.2, 0) is 11.3 Å². The minimum Gasteiger partial charge on any atom is -0.478 e. The van der Waals surface area contributed by atoms with E-state index in [-0.39, 0.29) is 29.3 Å².